The van der Waals surface area contributed by atoms with Gasteiger partial charge in [-0.25, -0.2) is 4.68 Å². The topological polar surface area (TPSA) is 105 Å². The molecule has 0 saturated heterocycles. The van der Waals surface area contributed by atoms with Crippen LogP contribution in [0, 0.1) is 6.92 Å². The molecule has 9 nitrogen and oxygen atoms in total. The maximum absolute atomic E-state index is 13.0. The molecule has 41 heavy (non-hydrogen) atoms. The number of unbranched alkanes of at least 4 members (excludes halogenated alkanes) is 1. The Morgan fingerprint density at radius 2 is 1.80 bits per heavy atom. The summed E-state index contributed by atoms with van der Waals surface area (Å²) in [7, 11) is 3.21. The van der Waals surface area contributed by atoms with Gasteiger partial charge in [-0.3, -0.25) is 4.79 Å². The number of benzene rings is 3. The summed E-state index contributed by atoms with van der Waals surface area (Å²) >= 11 is 0. The summed E-state index contributed by atoms with van der Waals surface area (Å²) in [6.07, 6.45) is 2.27. The van der Waals surface area contributed by atoms with Gasteiger partial charge in [-0.15, -0.1) is 5.10 Å². The Labute approximate surface area is 241 Å². The highest BCUT2D eigenvalue weighted by Gasteiger charge is 2.25. The number of nitrogens with zero attached hydrogens (tertiary/aromatic N) is 3. The highest BCUT2D eigenvalue weighted by atomic mass is 16.5. The third-order valence-corrected chi connectivity index (χ3v) is 7.26. The van der Waals surface area contributed by atoms with Crippen molar-refractivity contribution in [1.82, 2.24) is 15.0 Å². The monoisotopic (exact) mass is 561 g/mol. The molecule has 3 aromatic carbocycles. The van der Waals surface area contributed by atoms with E-state index in [1.54, 1.807) is 27.2 Å². The zero-order valence-corrected chi connectivity index (χ0v) is 24.3. The molecular weight excluding hydrogens is 522 g/mol. The number of carbonyl (C=O) groups excluding carboxylic acids is 1. The molecule has 0 amide bonds. The molecular formula is C32H39N3O6. The number of aromatic nitrogens is 3. The van der Waals surface area contributed by atoms with E-state index in [9.17, 15) is 9.90 Å². The van der Waals surface area contributed by atoms with E-state index in [-0.39, 0.29) is 19.2 Å². The van der Waals surface area contributed by atoms with Crippen molar-refractivity contribution in [2.75, 3.05) is 27.4 Å². The lowest BCUT2D eigenvalue weighted by molar-refractivity contribution is -0.144. The highest BCUT2D eigenvalue weighted by Crippen LogP contribution is 2.30. The van der Waals surface area contributed by atoms with E-state index in [1.807, 2.05) is 60.1 Å². The largest absolute Gasteiger partial charge is 0.497 e. The molecule has 0 radical (unpaired) electrons. The molecule has 1 N–H and O–H groups in total. The molecule has 1 aromatic heterocycles. The first-order valence-corrected chi connectivity index (χ1v) is 14.0. The Kier molecular flexibility index (Phi) is 10.7. The minimum Gasteiger partial charge on any atom is -0.497 e. The molecule has 9 heteroatoms. The Hall–Kier alpha value is -3.95. The van der Waals surface area contributed by atoms with Gasteiger partial charge in [0.05, 0.1) is 45.5 Å². The number of hydrogen-bond donors (Lipinski definition) is 1. The quantitative estimate of drug-likeness (QED) is 0.157. The third kappa shape index (κ3) is 7.42. The van der Waals surface area contributed by atoms with Gasteiger partial charge in [0.1, 0.15) is 17.0 Å². The van der Waals surface area contributed by atoms with E-state index in [1.165, 1.54) is 0 Å². The molecule has 1 heterocycles. The second kappa shape index (κ2) is 14.6. The molecule has 1 unspecified atom stereocenters. The van der Waals surface area contributed by atoms with E-state index < -0.39 is 5.92 Å². The molecule has 4 rings (SSSR count). The number of carbonyl (C=O) groups is 1. The average molecular weight is 562 g/mol. The molecule has 0 fully saturated rings. The fraction of sp³-hybridized carbons (Fsp3) is 0.406. The lowest BCUT2D eigenvalue weighted by atomic mass is 9.89. The lowest BCUT2D eigenvalue weighted by Crippen LogP contribution is -2.19. The molecule has 0 spiro atoms. The van der Waals surface area contributed by atoms with Gasteiger partial charge in [-0.2, -0.15) is 0 Å². The summed E-state index contributed by atoms with van der Waals surface area (Å²) in [5.74, 6) is 0.579. The zero-order valence-electron chi connectivity index (χ0n) is 24.3. The number of aryl methyl sites for hydroxylation is 2. The minimum atomic E-state index is -0.532. The van der Waals surface area contributed by atoms with Crippen molar-refractivity contribution in [3.63, 3.8) is 0 Å². The van der Waals surface area contributed by atoms with Crippen molar-refractivity contribution in [3.05, 3.63) is 82.4 Å². The van der Waals surface area contributed by atoms with Crippen molar-refractivity contribution >= 4 is 17.0 Å². The maximum Gasteiger partial charge on any atom is 0.313 e. The van der Waals surface area contributed by atoms with Gasteiger partial charge in [-0.1, -0.05) is 29.5 Å². The van der Waals surface area contributed by atoms with E-state index in [0.717, 1.165) is 58.4 Å². The third-order valence-electron chi connectivity index (χ3n) is 7.26. The molecule has 1 atom stereocenters. The van der Waals surface area contributed by atoms with Crippen LogP contribution >= 0.6 is 0 Å². The fourth-order valence-corrected chi connectivity index (χ4v) is 4.91. The summed E-state index contributed by atoms with van der Waals surface area (Å²) < 4.78 is 23.7. The summed E-state index contributed by atoms with van der Waals surface area (Å²) in [6.45, 7) is 5.89. The van der Waals surface area contributed by atoms with Crippen molar-refractivity contribution in [2.45, 2.75) is 58.8 Å². The van der Waals surface area contributed by atoms with Gasteiger partial charge in [0.15, 0.2) is 0 Å². The van der Waals surface area contributed by atoms with Crippen molar-refractivity contribution in [2.24, 2.45) is 0 Å². The van der Waals surface area contributed by atoms with E-state index in [2.05, 4.69) is 10.3 Å². The van der Waals surface area contributed by atoms with Crippen LogP contribution in [0.3, 0.4) is 0 Å². The first kappa shape index (κ1) is 30.0. The second-order valence-corrected chi connectivity index (χ2v) is 9.88. The Morgan fingerprint density at radius 1 is 1.00 bits per heavy atom. The average Bonchev–Trinajstić information content (AvgIpc) is 3.42. The standard InChI is InChI=1S/C32H39N3O6/c1-5-41-32(37)28(25-11-15-30(39-4)26(18-25)20-36)19-24-10-14-29-31(22(24)2)33-34-35(29)16-6-7-17-40-21-23-8-12-27(38-3)13-9-23/h8-15,18,28,36H,5-7,16-17,19-21H2,1-4H3. The summed E-state index contributed by atoms with van der Waals surface area (Å²) in [5.41, 5.74) is 6.28. The van der Waals surface area contributed by atoms with Gasteiger partial charge in [0, 0.05) is 18.7 Å². The zero-order chi connectivity index (χ0) is 29.2. The van der Waals surface area contributed by atoms with Crippen LogP contribution in [0.15, 0.2) is 54.6 Å². The number of esters is 1. The molecule has 0 aliphatic carbocycles. The molecule has 0 aliphatic rings. The number of rotatable bonds is 15. The van der Waals surface area contributed by atoms with Crippen molar-refractivity contribution in [1.29, 1.82) is 0 Å². The summed E-state index contributed by atoms with van der Waals surface area (Å²) in [4.78, 5) is 13.0. The summed E-state index contributed by atoms with van der Waals surface area (Å²) in [5, 5.41) is 18.7. The first-order chi connectivity index (χ1) is 20.0. The Morgan fingerprint density at radius 3 is 2.51 bits per heavy atom. The van der Waals surface area contributed by atoms with Crippen LogP contribution in [0.5, 0.6) is 11.5 Å². The van der Waals surface area contributed by atoms with Crippen LogP contribution in [0.1, 0.15) is 53.5 Å². The predicted molar refractivity (Wildman–Crippen MR) is 156 cm³/mol. The van der Waals surface area contributed by atoms with E-state index in [4.69, 9.17) is 18.9 Å². The maximum atomic E-state index is 13.0. The van der Waals surface area contributed by atoms with E-state index in [0.29, 0.717) is 30.9 Å². The van der Waals surface area contributed by atoms with Gasteiger partial charge in [-0.05, 0) is 85.7 Å². The minimum absolute atomic E-state index is 0.185. The number of aliphatic hydroxyl groups is 1. The lowest BCUT2D eigenvalue weighted by Gasteiger charge is -2.19. The normalized spacial score (nSPS) is 11.9. The molecule has 0 aliphatic heterocycles. The molecule has 218 valence electrons. The van der Waals surface area contributed by atoms with Gasteiger partial charge in [0.2, 0.25) is 0 Å². The number of hydrogen-bond acceptors (Lipinski definition) is 8. The smallest absolute Gasteiger partial charge is 0.313 e. The van der Waals surface area contributed by atoms with Gasteiger partial charge >= 0.3 is 5.97 Å². The van der Waals surface area contributed by atoms with Crippen molar-refractivity contribution in [3.8, 4) is 11.5 Å². The Bertz CT molecular complexity index is 1430. The van der Waals surface area contributed by atoms with Crippen LogP contribution in [-0.4, -0.2) is 53.5 Å². The predicted octanol–water partition coefficient (Wildman–Crippen LogP) is 5.14. The van der Waals surface area contributed by atoms with Crippen LogP contribution in [-0.2, 0) is 40.4 Å². The highest BCUT2D eigenvalue weighted by molar-refractivity contribution is 5.81. The number of ether oxygens (including phenoxy) is 4. The van der Waals surface area contributed by atoms with Crippen LogP contribution in [0.2, 0.25) is 0 Å². The molecule has 0 saturated carbocycles. The van der Waals surface area contributed by atoms with Crippen LogP contribution < -0.4 is 9.47 Å². The number of methoxy groups -OCH3 is 2. The number of aliphatic hydroxyl groups excluding tert-OH is 1. The van der Waals surface area contributed by atoms with Crippen LogP contribution in [0.4, 0.5) is 0 Å². The fourth-order valence-electron chi connectivity index (χ4n) is 4.91. The summed E-state index contributed by atoms with van der Waals surface area (Å²) in [6, 6.07) is 17.4. The second-order valence-electron chi connectivity index (χ2n) is 9.88. The number of fused-ring (bicyclic) bond motifs is 1. The van der Waals surface area contributed by atoms with Gasteiger partial charge < -0.3 is 24.1 Å². The van der Waals surface area contributed by atoms with Gasteiger partial charge in [0.25, 0.3) is 0 Å². The molecule has 4 aromatic rings. The SMILES string of the molecule is CCOC(=O)C(Cc1ccc2c(nnn2CCCCOCc2ccc(OC)cc2)c1C)c1ccc(OC)c(CO)c1. The molecule has 0 bridgehead atoms. The van der Waals surface area contributed by atoms with E-state index >= 15 is 0 Å². The first-order valence-electron chi connectivity index (χ1n) is 14.0. The van der Waals surface area contributed by atoms with Crippen molar-refractivity contribution < 1.29 is 28.8 Å². The Balaban J connectivity index is 1.40. The van der Waals surface area contributed by atoms with Crippen LogP contribution in [0.25, 0.3) is 11.0 Å².